The Bertz CT molecular complexity index is 1280. The molecule has 1 N–H and O–H groups in total. The van der Waals surface area contributed by atoms with Gasteiger partial charge in [0.15, 0.2) is 15.0 Å². The molecule has 0 aliphatic carbocycles. The molecule has 0 radical (unpaired) electrons. The first-order valence-corrected chi connectivity index (χ1v) is 12.5. The summed E-state index contributed by atoms with van der Waals surface area (Å²) in [5.74, 6) is -1.60. The second kappa shape index (κ2) is 8.95. The third-order valence-electron chi connectivity index (χ3n) is 5.27. The molecular weight excluding hydrogens is 456 g/mol. The van der Waals surface area contributed by atoms with Crippen LogP contribution in [-0.2, 0) is 34.0 Å². The van der Waals surface area contributed by atoms with Gasteiger partial charge in [0.2, 0.25) is 5.91 Å². The molecule has 2 heterocycles. The monoisotopic (exact) mass is 477 g/mol. The molecule has 0 saturated heterocycles. The summed E-state index contributed by atoms with van der Waals surface area (Å²) < 4.78 is 51.6. The van der Waals surface area contributed by atoms with Crippen LogP contribution >= 0.6 is 11.3 Å². The highest BCUT2D eigenvalue weighted by Crippen LogP contribution is 2.31. The maximum Gasteiger partial charge on any atom is 0.230 e. The summed E-state index contributed by atoms with van der Waals surface area (Å²) in [6.45, 7) is 2.74. The minimum absolute atomic E-state index is 0.0999. The molecule has 0 unspecified atom stereocenters. The van der Waals surface area contributed by atoms with E-state index >= 15 is 0 Å². The third-order valence-corrected chi connectivity index (χ3v) is 8.00. The average molecular weight is 478 g/mol. The van der Waals surface area contributed by atoms with Crippen molar-refractivity contribution in [3.63, 3.8) is 0 Å². The molecule has 1 aromatic heterocycles. The number of hydrogen-bond donors (Lipinski definition) is 1. The van der Waals surface area contributed by atoms with Gasteiger partial charge in [-0.05, 0) is 35.9 Å². The van der Waals surface area contributed by atoms with E-state index < -0.39 is 21.6 Å². The van der Waals surface area contributed by atoms with Crippen LogP contribution in [0.1, 0.15) is 23.1 Å². The summed E-state index contributed by atoms with van der Waals surface area (Å²) in [4.78, 5) is 19.8. The van der Waals surface area contributed by atoms with Gasteiger partial charge in [0.25, 0.3) is 0 Å². The Morgan fingerprint density at radius 3 is 2.75 bits per heavy atom. The molecule has 0 bridgehead atoms. The van der Waals surface area contributed by atoms with E-state index in [4.69, 9.17) is 0 Å². The molecule has 0 atom stereocenters. The number of aromatic nitrogens is 1. The molecule has 2 aromatic carbocycles. The number of rotatable bonds is 6. The first kappa shape index (κ1) is 22.3. The minimum Gasteiger partial charge on any atom is -0.366 e. The molecule has 6 nitrogen and oxygen atoms in total. The molecule has 0 spiro atoms. The van der Waals surface area contributed by atoms with Crippen molar-refractivity contribution in [1.29, 1.82) is 0 Å². The number of anilines is 2. The molecule has 3 aromatic rings. The standard InChI is InChI=1S/C22H21F2N3O3S2/c1-2-32(29,30)17-7-6-14(18(24)12-17)10-21(28)26-22-25-19-8-9-27(13-20(19)31-22)16-5-3-4-15(23)11-16/h3-7,11-12H,2,8-10,13H2,1H3,(H,25,26,28). The Morgan fingerprint density at radius 2 is 2.03 bits per heavy atom. The van der Waals surface area contributed by atoms with Crippen molar-refractivity contribution in [2.75, 3.05) is 22.5 Å². The third kappa shape index (κ3) is 4.81. The first-order chi connectivity index (χ1) is 15.2. The zero-order valence-corrected chi connectivity index (χ0v) is 18.9. The fourth-order valence-electron chi connectivity index (χ4n) is 3.51. The quantitative estimate of drug-likeness (QED) is 0.582. The lowest BCUT2D eigenvalue weighted by molar-refractivity contribution is -0.115. The molecule has 4 rings (SSSR count). The van der Waals surface area contributed by atoms with Crippen LogP contribution in [0.4, 0.5) is 19.6 Å². The Kier molecular flexibility index (Phi) is 6.25. The van der Waals surface area contributed by atoms with Crippen molar-refractivity contribution in [1.82, 2.24) is 4.98 Å². The molecule has 1 aliphatic heterocycles. The number of hydrogen-bond acceptors (Lipinski definition) is 6. The van der Waals surface area contributed by atoms with E-state index in [9.17, 15) is 22.0 Å². The highest BCUT2D eigenvalue weighted by Gasteiger charge is 2.22. The molecule has 0 saturated carbocycles. The maximum atomic E-state index is 14.3. The SMILES string of the molecule is CCS(=O)(=O)c1ccc(CC(=O)Nc2nc3c(s2)CN(c2cccc(F)c2)CC3)c(F)c1. The van der Waals surface area contributed by atoms with Crippen molar-refractivity contribution < 1.29 is 22.0 Å². The number of sulfone groups is 1. The predicted octanol–water partition coefficient (Wildman–Crippen LogP) is 3.96. The van der Waals surface area contributed by atoms with Gasteiger partial charge in [-0.3, -0.25) is 4.79 Å². The summed E-state index contributed by atoms with van der Waals surface area (Å²) in [5.41, 5.74) is 1.79. The molecular formula is C22H21F2N3O3S2. The van der Waals surface area contributed by atoms with Gasteiger partial charge in [0.1, 0.15) is 11.6 Å². The van der Waals surface area contributed by atoms with Crippen molar-refractivity contribution in [3.8, 4) is 0 Å². The molecule has 168 valence electrons. The van der Waals surface area contributed by atoms with E-state index in [1.807, 2.05) is 6.07 Å². The molecule has 0 fully saturated rings. The first-order valence-electron chi connectivity index (χ1n) is 10.1. The van der Waals surface area contributed by atoms with Gasteiger partial charge in [-0.2, -0.15) is 0 Å². The number of fused-ring (bicyclic) bond motifs is 1. The van der Waals surface area contributed by atoms with Gasteiger partial charge in [-0.15, -0.1) is 0 Å². The second-order valence-corrected chi connectivity index (χ2v) is 10.8. The van der Waals surface area contributed by atoms with Gasteiger partial charge in [-0.1, -0.05) is 30.4 Å². The van der Waals surface area contributed by atoms with Crippen LogP contribution < -0.4 is 10.2 Å². The highest BCUT2D eigenvalue weighted by atomic mass is 32.2. The van der Waals surface area contributed by atoms with Crippen molar-refractivity contribution in [2.45, 2.75) is 31.2 Å². The Balaban J connectivity index is 1.42. The second-order valence-electron chi connectivity index (χ2n) is 7.42. The smallest absolute Gasteiger partial charge is 0.230 e. The number of thiazole rings is 1. The zero-order valence-electron chi connectivity index (χ0n) is 17.3. The number of carbonyl (C=O) groups is 1. The van der Waals surface area contributed by atoms with Crippen molar-refractivity contribution in [3.05, 3.63) is 70.2 Å². The fourth-order valence-corrected chi connectivity index (χ4v) is 5.44. The Hall–Kier alpha value is -2.85. The van der Waals surface area contributed by atoms with Gasteiger partial charge in [0.05, 0.1) is 29.3 Å². The van der Waals surface area contributed by atoms with Crippen LogP contribution in [0.5, 0.6) is 0 Å². The van der Waals surface area contributed by atoms with Gasteiger partial charge in [0, 0.05) is 23.5 Å². The van der Waals surface area contributed by atoms with Gasteiger partial charge in [-0.25, -0.2) is 22.2 Å². The Labute approximate surface area is 188 Å². The minimum atomic E-state index is -3.52. The normalized spacial score (nSPS) is 13.7. The van der Waals surface area contributed by atoms with E-state index in [1.165, 1.54) is 42.5 Å². The van der Waals surface area contributed by atoms with Crippen molar-refractivity contribution >= 4 is 37.9 Å². The van der Waals surface area contributed by atoms with E-state index in [2.05, 4.69) is 15.2 Å². The largest absolute Gasteiger partial charge is 0.366 e. The van der Waals surface area contributed by atoms with Crippen LogP contribution in [0.3, 0.4) is 0 Å². The molecule has 1 aliphatic rings. The van der Waals surface area contributed by atoms with E-state index in [-0.39, 0.29) is 28.4 Å². The zero-order chi connectivity index (χ0) is 22.9. The van der Waals surface area contributed by atoms with Crippen molar-refractivity contribution in [2.24, 2.45) is 0 Å². The van der Waals surface area contributed by atoms with Crippen LogP contribution in [0, 0.1) is 11.6 Å². The van der Waals surface area contributed by atoms with Gasteiger partial charge < -0.3 is 10.2 Å². The lowest BCUT2D eigenvalue weighted by atomic mass is 10.1. The summed E-state index contributed by atoms with van der Waals surface area (Å²) in [6, 6.07) is 9.99. The summed E-state index contributed by atoms with van der Waals surface area (Å²) in [5, 5.41) is 3.12. The van der Waals surface area contributed by atoms with Crippen LogP contribution in [-0.4, -0.2) is 31.6 Å². The fraction of sp³-hybridized carbons (Fsp3) is 0.273. The molecule has 10 heteroatoms. The van der Waals surface area contributed by atoms with E-state index in [0.29, 0.717) is 24.6 Å². The van der Waals surface area contributed by atoms with E-state index in [0.717, 1.165) is 22.3 Å². The average Bonchev–Trinajstić information content (AvgIpc) is 3.16. The lowest BCUT2D eigenvalue weighted by Crippen LogP contribution is -2.29. The van der Waals surface area contributed by atoms with Gasteiger partial charge >= 0.3 is 0 Å². The Morgan fingerprint density at radius 1 is 1.22 bits per heavy atom. The number of amides is 1. The number of halogens is 2. The number of benzene rings is 2. The van der Waals surface area contributed by atoms with Crippen LogP contribution in [0.15, 0.2) is 47.4 Å². The summed E-state index contributed by atoms with van der Waals surface area (Å²) in [7, 11) is -3.52. The molecule has 32 heavy (non-hydrogen) atoms. The lowest BCUT2D eigenvalue weighted by Gasteiger charge is -2.28. The summed E-state index contributed by atoms with van der Waals surface area (Å²) in [6.07, 6.45) is 0.429. The number of carbonyl (C=O) groups excluding carboxylic acids is 1. The topological polar surface area (TPSA) is 79.4 Å². The number of nitrogens with zero attached hydrogens (tertiary/aromatic N) is 2. The predicted molar refractivity (Wildman–Crippen MR) is 120 cm³/mol. The highest BCUT2D eigenvalue weighted by molar-refractivity contribution is 7.91. The summed E-state index contributed by atoms with van der Waals surface area (Å²) >= 11 is 1.34. The molecule has 1 amide bonds. The maximum absolute atomic E-state index is 14.3. The van der Waals surface area contributed by atoms with Crippen LogP contribution in [0.2, 0.25) is 0 Å². The van der Waals surface area contributed by atoms with E-state index in [1.54, 1.807) is 6.07 Å². The number of nitrogens with one attached hydrogen (secondary N) is 1. The van der Waals surface area contributed by atoms with Crippen LogP contribution in [0.25, 0.3) is 0 Å².